The molecule has 0 aliphatic heterocycles. The first-order valence-corrected chi connectivity index (χ1v) is 5.24. The predicted octanol–water partition coefficient (Wildman–Crippen LogP) is 3.63. The molecule has 0 bridgehead atoms. The Labute approximate surface area is 76.1 Å². The average molecular weight is 164 g/mol. The van der Waals surface area contributed by atoms with E-state index in [0.717, 1.165) is 17.8 Å². The quantitative estimate of drug-likeness (QED) is 0.519. The molecule has 3 unspecified atom stereocenters. The Morgan fingerprint density at radius 2 is 2.08 bits per heavy atom. The standard InChI is InChI=1S/C12H20/c1-5-10-9-6-8(2)7-11(9)12(10,3)4/h9-11H,2,5-7H2,1,3-4H3. The van der Waals surface area contributed by atoms with Crippen LogP contribution in [0.15, 0.2) is 12.2 Å². The fourth-order valence-electron chi connectivity index (χ4n) is 3.80. The Bertz CT molecular complexity index is 212. The van der Waals surface area contributed by atoms with Crippen molar-refractivity contribution in [2.75, 3.05) is 0 Å². The molecule has 0 heterocycles. The highest BCUT2D eigenvalue weighted by atomic mass is 14.6. The van der Waals surface area contributed by atoms with E-state index in [1.54, 1.807) is 0 Å². The van der Waals surface area contributed by atoms with Gasteiger partial charge in [-0.3, -0.25) is 0 Å². The van der Waals surface area contributed by atoms with Crippen LogP contribution in [0.25, 0.3) is 0 Å². The van der Waals surface area contributed by atoms with Gasteiger partial charge in [0.25, 0.3) is 0 Å². The number of allylic oxidation sites excluding steroid dienone is 1. The van der Waals surface area contributed by atoms with Crippen LogP contribution >= 0.6 is 0 Å². The van der Waals surface area contributed by atoms with Crippen molar-refractivity contribution in [3.05, 3.63) is 12.2 Å². The van der Waals surface area contributed by atoms with Gasteiger partial charge in [0.2, 0.25) is 0 Å². The molecule has 2 saturated carbocycles. The van der Waals surface area contributed by atoms with Gasteiger partial charge in [-0.2, -0.15) is 0 Å². The summed E-state index contributed by atoms with van der Waals surface area (Å²) in [4.78, 5) is 0. The largest absolute Gasteiger partial charge is 0.0998 e. The van der Waals surface area contributed by atoms with Crippen molar-refractivity contribution in [2.24, 2.45) is 23.2 Å². The summed E-state index contributed by atoms with van der Waals surface area (Å²) in [5.41, 5.74) is 2.12. The summed E-state index contributed by atoms with van der Waals surface area (Å²) in [6.07, 6.45) is 4.00. The highest BCUT2D eigenvalue weighted by Gasteiger charge is 2.57. The van der Waals surface area contributed by atoms with Crippen LogP contribution < -0.4 is 0 Å². The van der Waals surface area contributed by atoms with Crippen LogP contribution in [0.2, 0.25) is 0 Å². The van der Waals surface area contributed by atoms with Gasteiger partial charge >= 0.3 is 0 Å². The van der Waals surface area contributed by atoms with Crippen LogP contribution in [-0.4, -0.2) is 0 Å². The van der Waals surface area contributed by atoms with Gasteiger partial charge in [-0.1, -0.05) is 39.3 Å². The zero-order valence-corrected chi connectivity index (χ0v) is 8.56. The van der Waals surface area contributed by atoms with E-state index in [9.17, 15) is 0 Å². The van der Waals surface area contributed by atoms with Crippen molar-refractivity contribution >= 4 is 0 Å². The monoisotopic (exact) mass is 164 g/mol. The molecular weight excluding hydrogens is 144 g/mol. The molecule has 2 fully saturated rings. The molecule has 2 aliphatic rings. The molecule has 2 rings (SSSR count). The highest BCUT2D eigenvalue weighted by Crippen LogP contribution is 2.64. The third kappa shape index (κ3) is 0.841. The first-order chi connectivity index (χ1) is 5.57. The smallest absolute Gasteiger partial charge is 0.0286 e. The van der Waals surface area contributed by atoms with Crippen LogP contribution in [-0.2, 0) is 0 Å². The summed E-state index contributed by atoms with van der Waals surface area (Å²) in [7, 11) is 0. The second-order valence-corrected chi connectivity index (χ2v) is 5.26. The molecule has 0 heteroatoms. The second kappa shape index (κ2) is 2.37. The lowest BCUT2D eigenvalue weighted by molar-refractivity contribution is -0.0784. The SMILES string of the molecule is C=C1CC2C(CC)C(C)(C)C2C1. The van der Waals surface area contributed by atoms with Crippen LogP contribution in [0, 0.1) is 23.2 Å². The molecule has 0 aromatic carbocycles. The summed E-state index contributed by atoms with van der Waals surface area (Å²) in [5, 5.41) is 0. The fraction of sp³-hybridized carbons (Fsp3) is 0.833. The zero-order chi connectivity index (χ0) is 8.93. The first kappa shape index (κ1) is 8.34. The van der Waals surface area contributed by atoms with E-state index < -0.39 is 0 Å². The number of hydrogen-bond acceptors (Lipinski definition) is 0. The summed E-state index contributed by atoms with van der Waals surface area (Å²) in [6, 6.07) is 0. The van der Waals surface area contributed by atoms with Gasteiger partial charge in [-0.05, 0) is 36.0 Å². The third-order valence-corrected chi connectivity index (χ3v) is 4.42. The average Bonchev–Trinajstić information content (AvgIpc) is 2.31. The van der Waals surface area contributed by atoms with Gasteiger partial charge in [0.15, 0.2) is 0 Å². The van der Waals surface area contributed by atoms with E-state index in [-0.39, 0.29) is 0 Å². The maximum atomic E-state index is 4.13. The Morgan fingerprint density at radius 3 is 2.67 bits per heavy atom. The molecule has 0 saturated heterocycles. The molecule has 0 spiro atoms. The van der Waals surface area contributed by atoms with Gasteiger partial charge in [0.1, 0.15) is 0 Å². The van der Waals surface area contributed by atoms with Crippen LogP contribution in [0.5, 0.6) is 0 Å². The lowest BCUT2D eigenvalue weighted by Gasteiger charge is -2.56. The Hall–Kier alpha value is -0.260. The Morgan fingerprint density at radius 1 is 1.42 bits per heavy atom. The Kier molecular flexibility index (Phi) is 1.65. The van der Waals surface area contributed by atoms with E-state index in [1.807, 2.05) is 0 Å². The lowest BCUT2D eigenvalue weighted by Crippen LogP contribution is -2.50. The molecule has 68 valence electrons. The van der Waals surface area contributed by atoms with E-state index in [4.69, 9.17) is 0 Å². The molecule has 0 nitrogen and oxygen atoms in total. The third-order valence-electron chi connectivity index (χ3n) is 4.42. The van der Waals surface area contributed by atoms with E-state index >= 15 is 0 Å². The summed E-state index contributed by atoms with van der Waals surface area (Å²) < 4.78 is 0. The van der Waals surface area contributed by atoms with Gasteiger partial charge in [0, 0.05) is 0 Å². The molecule has 0 aromatic heterocycles. The van der Waals surface area contributed by atoms with Crippen molar-refractivity contribution in [1.82, 2.24) is 0 Å². The van der Waals surface area contributed by atoms with Crippen molar-refractivity contribution in [1.29, 1.82) is 0 Å². The van der Waals surface area contributed by atoms with Crippen LogP contribution in [0.4, 0.5) is 0 Å². The van der Waals surface area contributed by atoms with E-state index in [2.05, 4.69) is 27.4 Å². The topological polar surface area (TPSA) is 0 Å². The van der Waals surface area contributed by atoms with Crippen LogP contribution in [0.1, 0.15) is 40.0 Å². The summed E-state index contributed by atoms with van der Waals surface area (Å²) >= 11 is 0. The Balaban J connectivity index is 2.17. The van der Waals surface area contributed by atoms with Gasteiger partial charge in [-0.25, -0.2) is 0 Å². The van der Waals surface area contributed by atoms with Crippen molar-refractivity contribution in [3.63, 3.8) is 0 Å². The number of hydrogen-bond donors (Lipinski definition) is 0. The molecule has 3 atom stereocenters. The number of fused-ring (bicyclic) bond motifs is 1. The molecular formula is C12H20. The first-order valence-electron chi connectivity index (χ1n) is 5.24. The normalized spacial score (nSPS) is 43.9. The highest BCUT2D eigenvalue weighted by molar-refractivity contribution is 5.17. The lowest BCUT2D eigenvalue weighted by atomic mass is 9.49. The zero-order valence-electron chi connectivity index (χ0n) is 8.56. The van der Waals surface area contributed by atoms with Crippen molar-refractivity contribution < 1.29 is 0 Å². The molecule has 12 heavy (non-hydrogen) atoms. The maximum Gasteiger partial charge on any atom is -0.0286 e. The minimum absolute atomic E-state index is 0.610. The van der Waals surface area contributed by atoms with Crippen LogP contribution in [0.3, 0.4) is 0 Å². The van der Waals surface area contributed by atoms with Crippen molar-refractivity contribution in [3.8, 4) is 0 Å². The van der Waals surface area contributed by atoms with Gasteiger partial charge in [0.05, 0.1) is 0 Å². The van der Waals surface area contributed by atoms with Gasteiger partial charge < -0.3 is 0 Å². The molecule has 0 N–H and O–H groups in total. The van der Waals surface area contributed by atoms with E-state index in [0.29, 0.717) is 5.41 Å². The molecule has 0 radical (unpaired) electrons. The second-order valence-electron chi connectivity index (χ2n) is 5.26. The van der Waals surface area contributed by atoms with Crippen molar-refractivity contribution in [2.45, 2.75) is 40.0 Å². The minimum atomic E-state index is 0.610. The summed E-state index contributed by atoms with van der Waals surface area (Å²) in [5.74, 6) is 2.94. The van der Waals surface area contributed by atoms with Gasteiger partial charge in [-0.15, -0.1) is 0 Å². The van der Waals surface area contributed by atoms with E-state index in [1.165, 1.54) is 24.8 Å². The maximum absolute atomic E-state index is 4.13. The predicted molar refractivity (Wildman–Crippen MR) is 52.9 cm³/mol. The molecule has 0 amide bonds. The minimum Gasteiger partial charge on any atom is -0.0998 e. The number of rotatable bonds is 1. The molecule has 0 aromatic rings. The molecule has 2 aliphatic carbocycles. The fourth-order valence-corrected chi connectivity index (χ4v) is 3.80. The summed E-state index contributed by atoms with van der Waals surface area (Å²) in [6.45, 7) is 11.4.